The monoisotopic (exact) mass is 435 g/mol. The maximum atomic E-state index is 13.0. The Labute approximate surface area is 181 Å². The molecule has 1 heterocycles. The van der Waals surface area contributed by atoms with E-state index in [0.717, 1.165) is 29.4 Å². The Morgan fingerprint density at radius 2 is 1.87 bits per heavy atom. The third-order valence-corrected chi connectivity index (χ3v) is 5.66. The van der Waals surface area contributed by atoms with Crippen LogP contribution in [0.15, 0.2) is 29.6 Å². The van der Waals surface area contributed by atoms with Gasteiger partial charge in [-0.05, 0) is 51.0 Å². The van der Waals surface area contributed by atoms with Gasteiger partial charge in [-0.1, -0.05) is 31.1 Å². The van der Waals surface area contributed by atoms with E-state index in [-0.39, 0.29) is 25.4 Å². The molecule has 1 aromatic carbocycles. The molecule has 0 fully saturated rings. The molecule has 8 heteroatoms. The summed E-state index contributed by atoms with van der Waals surface area (Å²) in [6.07, 6.45) is 2.32. The number of esters is 1. The van der Waals surface area contributed by atoms with Crippen LogP contribution in [0.5, 0.6) is 5.75 Å². The van der Waals surface area contributed by atoms with Crippen LogP contribution in [0, 0.1) is 0 Å². The molecule has 0 aliphatic heterocycles. The number of hydrogen-bond acceptors (Lipinski definition) is 6. The second-order valence-corrected chi connectivity index (χ2v) is 7.87. The van der Waals surface area contributed by atoms with Crippen LogP contribution in [0.4, 0.5) is 10.8 Å². The topological polar surface area (TPSA) is 99.0 Å². The van der Waals surface area contributed by atoms with Gasteiger partial charge < -0.3 is 14.6 Å². The standard InChI is InChI=1S/C22H30N2O5S/c1-4-7-13-22(14-12-19(25)26,20(27)29-6-3)18-15-30-21(24-18)23-16-8-10-17(11-9-16)28-5-2/h8-11,15H,4-7,12-14H2,1-3H3,(H,23,24)(H,25,26)/p+1. The Morgan fingerprint density at radius 3 is 2.47 bits per heavy atom. The number of aromatic amines is 1. The number of benzene rings is 1. The van der Waals surface area contributed by atoms with E-state index < -0.39 is 11.4 Å². The summed E-state index contributed by atoms with van der Waals surface area (Å²) in [5.41, 5.74) is 0.567. The average Bonchev–Trinajstić information content (AvgIpc) is 3.19. The highest BCUT2D eigenvalue weighted by molar-refractivity contribution is 7.13. The summed E-state index contributed by atoms with van der Waals surface area (Å²) in [5.74, 6) is -0.502. The number of unbranched alkanes of at least 4 members (excludes halogenated alkanes) is 1. The lowest BCUT2D eigenvalue weighted by Gasteiger charge is -2.28. The van der Waals surface area contributed by atoms with E-state index in [1.54, 1.807) is 6.92 Å². The molecular weight excluding hydrogens is 404 g/mol. The van der Waals surface area contributed by atoms with Crippen LogP contribution in [0.3, 0.4) is 0 Å². The highest BCUT2D eigenvalue weighted by Gasteiger charge is 2.45. The highest BCUT2D eigenvalue weighted by Crippen LogP contribution is 2.36. The number of carboxylic acids is 1. The van der Waals surface area contributed by atoms with Crippen LogP contribution >= 0.6 is 11.3 Å². The second kappa shape index (κ2) is 11.5. The predicted molar refractivity (Wildman–Crippen MR) is 116 cm³/mol. The first-order valence-electron chi connectivity index (χ1n) is 10.3. The van der Waals surface area contributed by atoms with Gasteiger partial charge >= 0.3 is 17.1 Å². The summed E-state index contributed by atoms with van der Waals surface area (Å²) in [6.45, 7) is 6.60. The van der Waals surface area contributed by atoms with Gasteiger partial charge in [0.1, 0.15) is 22.5 Å². The molecule has 0 saturated heterocycles. The quantitative estimate of drug-likeness (QED) is 0.448. The van der Waals surface area contributed by atoms with Gasteiger partial charge in [-0.2, -0.15) is 0 Å². The summed E-state index contributed by atoms with van der Waals surface area (Å²) in [6, 6.07) is 7.60. The minimum Gasteiger partial charge on any atom is -0.494 e. The van der Waals surface area contributed by atoms with E-state index in [0.29, 0.717) is 18.7 Å². The maximum Gasteiger partial charge on any atom is 0.336 e. The van der Waals surface area contributed by atoms with E-state index in [9.17, 15) is 14.7 Å². The van der Waals surface area contributed by atoms with Crippen molar-refractivity contribution >= 4 is 34.1 Å². The van der Waals surface area contributed by atoms with Crippen molar-refractivity contribution < 1.29 is 29.2 Å². The van der Waals surface area contributed by atoms with Crippen LogP contribution < -0.4 is 15.0 Å². The molecule has 1 aromatic heterocycles. The number of aliphatic carboxylic acids is 1. The fourth-order valence-electron chi connectivity index (χ4n) is 3.30. The van der Waals surface area contributed by atoms with Crippen LogP contribution in [0.1, 0.15) is 58.6 Å². The van der Waals surface area contributed by atoms with Crippen LogP contribution in [-0.4, -0.2) is 30.3 Å². The van der Waals surface area contributed by atoms with Crippen LogP contribution in [-0.2, 0) is 19.7 Å². The number of ether oxygens (including phenoxy) is 2. The zero-order valence-electron chi connectivity index (χ0n) is 17.8. The van der Waals surface area contributed by atoms with E-state index in [2.05, 4.69) is 10.3 Å². The van der Waals surface area contributed by atoms with Gasteiger partial charge in [0.05, 0.1) is 13.2 Å². The number of nitrogens with one attached hydrogen (secondary N) is 2. The van der Waals surface area contributed by atoms with Crippen molar-refractivity contribution in [3.05, 3.63) is 35.3 Å². The molecule has 2 rings (SSSR count). The molecule has 1 unspecified atom stereocenters. The van der Waals surface area contributed by atoms with Crippen molar-refractivity contribution in [2.75, 3.05) is 18.5 Å². The smallest absolute Gasteiger partial charge is 0.336 e. The Kier molecular flexibility index (Phi) is 9.11. The summed E-state index contributed by atoms with van der Waals surface area (Å²) in [4.78, 5) is 27.6. The SMILES string of the molecule is CCCCC(CCC(=O)O)(C(=O)OCC)c1csc(Nc2ccc(OCC)cc2)[nH+]1. The Hall–Kier alpha value is -2.61. The van der Waals surface area contributed by atoms with E-state index in [4.69, 9.17) is 9.47 Å². The minimum atomic E-state index is -1.00. The molecular formula is C22H31N2O5S+. The largest absolute Gasteiger partial charge is 0.494 e. The number of carbonyl (C=O) groups excluding carboxylic acids is 1. The van der Waals surface area contributed by atoms with Crippen LogP contribution in [0.2, 0.25) is 0 Å². The molecule has 0 aliphatic carbocycles. The lowest BCUT2D eigenvalue weighted by atomic mass is 9.76. The lowest BCUT2D eigenvalue weighted by Crippen LogP contribution is -2.42. The molecule has 0 saturated carbocycles. The maximum absolute atomic E-state index is 13.0. The summed E-state index contributed by atoms with van der Waals surface area (Å²) < 4.78 is 10.8. The van der Waals surface area contributed by atoms with E-state index in [1.165, 1.54) is 11.3 Å². The van der Waals surface area contributed by atoms with Crippen molar-refractivity contribution in [2.24, 2.45) is 0 Å². The van der Waals surface area contributed by atoms with Crippen LogP contribution in [0.25, 0.3) is 0 Å². The fourth-order valence-corrected chi connectivity index (χ4v) is 4.17. The summed E-state index contributed by atoms with van der Waals surface area (Å²) in [5, 5.41) is 15.2. The number of thiazole rings is 1. The van der Waals surface area contributed by atoms with Gasteiger partial charge in [-0.15, -0.1) is 0 Å². The van der Waals surface area contributed by atoms with Gasteiger partial charge in [0.2, 0.25) is 0 Å². The number of anilines is 2. The molecule has 0 radical (unpaired) electrons. The van der Waals surface area contributed by atoms with Gasteiger partial charge in [0, 0.05) is 11.8 Å². The molecule has 2 aromatic rings. The van der Waals surface area contributed by atoms with Crippen molar-refractivity contribution in [2.45, 2.75) is 58.3 Å². The highest BCUT2D eigenvalue weighted by atomic mass is 32.1. The first kappa shape index (κ1) is 23.7. The normalized spacial score (nSPS) is 12.8. The molecule has 164 valence electrons. The van der Waals surface area contributed by atoms with Crippen molar-refractivity contribution in [1.29, 1.82) is 0 Å². The molecule has 0 bridgehead atoms. The van der Waals surface area contributed by atoms with Gasteiger partial charge in [-0.3, -0.25) is 9.59 Å². The third kappa shape index (κ3) is 6.19. The van der Waals surface area contributed by atoms with Gasteiger partial charge in [0.15, 0.2) is 0 Å². The minimum absolute atomic E-state index is 0.103. The molecule has 1 atom stereocenters. The molecule has 30 heavy (non-hydrogen) atoms. The Balaban J connectivity index is 2.30. The lowest BCUT2D eigenvalue weighted by molar-refractivity contribution is -0.374. The number of H-pyrrole nitrogens is 1. The van der Waals surface area contributed by atoms with E-state index in [1.807, 2.05) is 43.5 Å². The van der Waals surface area contributed by atoms with E-state index >= 15 is 0 Å². The average molecular weight is 436 g/mol. The van der Waals surface area contributed by atoms with Crippen molar-refractivity contribution in [1.82, 2.24) is 0 Å². The molecule has 7 nitrogen and oxygen atoms in total. The molecule has 0 aliphatic rings. The Bertz CT molecular complexity index is 821. The predicted octanol–water partition coefficient (Wildman–Crippen LogP) is 4.56. The van der Waals surface area contributed by atoms with Crippen molar-refractivity contribution in [3.63, 3.8) is 0 Å². The summed E-state index contributed by atoms with van der Waals surface area (Å²) >= 11 is 1.44. The zero-order valence-corrected chi connectivity index (χ0v) is 18.6. The fraction of sp³-hybridized carbons (Fsp3) is 0.500. The Morgan fingerprint density at radius 1 is 1.13 bits per heavy atom. The first-order chi connectivity index (χ1) is 14.4. The van der Waals surface area contributed by atoms with Gasteiger partial charge in [-0.25, -0.2) is 10.3 Å². The zero-order chi connectivity index (χ0) is 22.0. The third-order valence-electron chi connectivity index (χ3n) is 4.87. The number of rotatable bonds is 13. The molecule has 0 spiro atoms. The first-order valence-corrected chi connectivity index (χ1v) is 11.2. The number of hydrogen-bond donors (Lipinski definition) is 2. The molecule has 0 amide bonds. The summed E-state index contributed by atoms with van der Waals surface area (Å²) in [7, 11) is 0. The van der Waals surface area contributed by atoms with Gasteiger partial charge in [0.25, 0.3) is 0 Å². The second-order valence-electron chi connectivity index (χ2n) is 6.99. The molecule has 3 N–H and O–H groups in total. The number of aromatic nitrogens is 1. The number of carboxylic acid groups (broad SMARTS) is 1. The number of carbonyl (C=O) groups is 2. The van der Waals surface area contributed by atoms with Crippen molar-refractivity contribution in [3.8, 4) is 5.75 Å².